The van der Waals surface area contributed by atoms with Crippen LogP contribution in [-0.4, -0.2) is 62.0 Å². The highest BCUT2D eigenvalue weighted by Crippen LogP contribution is 2.30. The maximum absolute atomic E-state index is 13.4. The molecule has 1 fully saturated rings. The van der Waals surface area contributed by atoms with Crippen molar-refractivity contribution >= 4 is 28.1 Å². The molecule has 32 heavy (non-hydrogen) atoms. The van der Waals surface area contributed by atoms with Crippen LogP contribution in [-0.2, 0) is 14.8 Å². The van der Waals surface area contributed by atoms with E-state index in [1.807, 2.05) is 38.1 Å². The van der Waals surface area contributed by atoms with Crippen LogP contribution in [0.1, 0.15) is 43.7 Å². The van der Waals surface area contributed by atoms with Gasteiger partial charge in [-0.05, 0) is 57.4 Å². The Morgan fingerprint density at radius 1 is 1.25 bits per heavy atom. The van der Waals surface area contributed by atoms with Gasteiger partial charge in [-0.3, -0.25) is 4.79 Å². The topological polar surface area (TPSA) is 93.0 Å². The van der Waals surface area contributed by atoms with Crippen molar-refractivity contribution in [3.8, 4) is 5.75 Å². The smallest absolute Gasteiger partial charge is 0.248 e. The second kappa shape index (κ2) is 10.3. The Balaban J connectivity index is 1.77. The van der Waals surface area contributed by atoms with Gasteiger partial charge in [-0.25, -0.2) is 8.42 Å². The molecule has 0 bridgehead atoms. The van der Waals surface area contributed by atoms with Gasteiger partial charge < -0.3 is 14.2 Å². The molecule has 8 nitrogen and oxygen atoms in total. The number of sulfonamides is 1. The molecular weight excluding hydrogens is 430 g/mol. The molecule has 1 aliphatic rings. The van der Waals surface area contributed by atoms with Crippen molar-refractivity contribution < 1.29 is 22.5 Å². The summed E-state index contributed by atoms with van der Waals surface area (Å²) in [4.78, 5) is 14.5. The number of nitrogens with zero attached hydrogens (tertiary/aromatic N) is 3. The SMILES string of the molecule is CCN(CC)C(=O)C1CCN(S(=O)(=O)c2c(C)noc2/C=C/c2cccc(OC)c2)CC1. The quantitative estimate of drug-likeness (QED) is 0.598. The second-order valence-electron chi connectivity index (χ2n) is 7.76. The van der Waals surface area contributed by atoms with E-state index in [0.717, 1.165) is 5.56 Å². The number of methoxy groups -OCH3 is 1. The average molecular weight is 462 g/mol. The molecule has 0 N–H and O–H groups in total. The summed E-state index contributed by atoms with van der Waals surface area (Å²) in [5.41, 5.74) is 1.16. The number of hydrogen-bond donors (Lipinski definition) is 0. The molecule has 1 aromatic carbocycles. The third-order valence-corrected chi connectivity index (χ3v) is 7.89. The molecule has 1 saturated heterocycles. The molecule has 2 aromatic rings. The van der Waals surface area contributed by atoms with Gasteiger partial charge in [0.15, 0.2) is 10.7 Å². The van der Waals surface area contributed by atoms with Crippen LogP contribution in [0.3, 0.4) is 0 Å². The number of carbonyl (C=O) groups excluding carboxylic acids is 1. The first-order valence-corrected chi connectivity index (χ1v) is 12.3. The zero-order valence-electron chi connectivity index (χ0n) is 19.1. The monoisotopic (exact) mass is 461 g/mol. The number of aryl methyl sites for hydroxylation is 1. The molecule has 3 rings (SSSR count). The molecule has 0 spiro atoms. The molecule has 1 aromatic heterocycles. The van der Waals surface area contributed by atoms with E-state index in [9.17, 15) is 13.2 Å². The highest BCUT2D eigenvalue weighted by Gasteiger charge is 2.36. The summed E-state index contributed by atoms with van der Waals surface area (Å²) in [6, 6.07) is 7.41. The summed E-state index contributed by atoms with van der Waals surface area (Å²) in [7, 11) is -2.21. The van der Waals surface area contributed by atoms with Crippen molar-refractivity contribution in [2.45, 2.75) is 38.5 Å². The van der Waals surface area contributed by atoms with Crippen LogP contribution in [0.4, 0.5) is 0 Å². The summed E-state index contributed by atoms with van der Waals surface area (Å²) < 4.78 is 38.8. The zero-order chi connectivity index (χ0) is 23.3. The van der Waals surface area contributed by atoms with Gasteiger partial charge in [0.25, 0.3) is 0 Å². The van der Waals surface area contributed by atoms with E-state index in [-0.39, 0.29) is 22.5 Å². The molecule has 174 valence electrons. The van der Waals surface area contributed by atoms with E-state index in [2.05, 4.69) is 5.16 Å². The molecule has 0 atom stereocenters. The number of piperidine rings is 1. The number of ether oxygens (including phenoxy) is 1. The minimum Gasteiger partial charge on any atom is -0.497 e. The van der Waals surface area contributed by atoms with Gasteiger partial charge in [0.1, 0.15) is 11.4 Å². The van der Waals surface area contributed by atoms with E-state index in [1.54, 1.807) is 31.1 Å². The molecule has 0 saturated carbocycles. The first-order valence-electron chi connectivity index (χ1n) is 10.9. The van der Waals surface area contributed by atoms with Crippen LogP contribution in [0, 0.1) is 12.8 Å². The predicted octanol–water partition coefficient (Wildman–Crippen LogP) is 3.43. The maximum Gasteiger partial charge on any atom is 0.248 e. The lowest BCUT2D eigenvalue weighted by atomic mass is 9.96. The Kier molecular flexibility index (Phi) is 7.73. The third-order valence-electron chi connectivity index (χ3n) is 5.83. The van der Waals surface area contributed by atoms with Gasteiger partial charge in [0.2, 0.25) is 15.9 Å². The third kappa shape index (κ3) is 5.05. The summed E-state index contributed by atoms with van der Waals surface area (Å²) in [5, 5.41) is 3.89. The fourth-order valence-electron chi connectivity index (χ4n) is 3.98. The number of rotatable bonds is 8. The summed E-state index contributed by atoms with van der Waals surface area (Å²) >= 11 is 0. The Morgan fingerprint density at radius 2 is 1.94 bits per heavy atom. The fraction of sp³-hybridized carbons (Fsp3) is 0.478. The number of carbonyl (C=O) groups is 1. The van der Waals surface area contributed by atoms with Crippen molar-refractivity contribution in [2.75, 3.05) is 33.3 Å². The van der Waals surface area contributed by atoms with Gasteiger partial charge in [0.05, 0.1) is 7.11 Å². The van der Waals surface area contributed by atoms with E-state index in [1.165, 1.54) is 4.31 Å². The number of benzene rings is 1. The van der Waals surface area contributed by atoms with Crippen LogP contribution in [0.25, 0.3) is 12.2 Å². The van der Waals surface area contributed by atoms with Crippen molar-refractivity contribution in [1.29, 1.82) is 0 Å². The van der Waals surface area contributed by atoms with Gasteiger partial charge in [-0.2, -0.15) is 4.31 Å². The van der Waals surface area contributed by atoms with Gasteiger partial charge in [-0.1, -0.05) is 23.4 Å². The van der Waals surface area contributed by atoms with Crippen LogP contribution in [0.5, 0.6) is 5.75 Å². The zero-order valence-corrected chi connectivity index (χ0v) is 19.9. The Bertz CT molecular complexity index is 1070. The largest absolute Gasteiger partial charge is 0.497 e. The van der Waals surface area contributed by atoms with Crippen LogP contribution in [0.15, 0.2) is 33.7 Å². The minimum atomic E-state index is -3.80. The van der Waals surface area contributed by atoms with Crippen molar-refractivity contribution in [1.82, 2.24) is 14.4 Å². The van der Waals surface area contributed by atoms with E-state index >= 15 is 0 Å². The van der Waals surface area contributed by atoms with Crippen molar-refractivity contribution in [3.63, 3.8) is 0 Å². The summed E-state index contributed by atoms with van der Waals surface area (Å²) in [6.07, 6.45) is 4.39. The molecule has 1 aliphatic heterocycles. The van der Waals surface area contributed by atoms with Crippen LogP contribution < -0.4 is 4.74 Å². The Morgan fingerprint density at radius 3 is 2.56 bits per heavy atom. The minimum absolute atomic E-state index is 0.0742. The highest BCUT2D eigenvalue weighted by atomic mass is 32.2. The number of amides is 1. The van der Waals surface area contributed by atoms with Gasteiger partial charge in [0, 0.05) is 32.1 Å². The standard InChI is InChI=1S/C23H31N3O5S/c1-5-25(6-2)23(27)19-12-14-26(15-13-19)32(28,29)22-17(3)24-31-21(22)11-10-18-8-7-9-20(16-18)30-4/h7-11,16,19H,5-6,12-15H2,1-4H3/b11-10+. The summed E-state index contributed by atoms with van der Waals surface area (Å²) in [5.74, 6) is 0.856. The molecule has 2 heterocycles. The van der Waals surface area contributed by atoms with E-state index < -0.39 is 10.0 Å². The first kappa shape index (κ1) is 24.0. The second-order valence-corrected chi connectivity index (χ2v) is 9.63. The van der Waals surface area contributed by atoms with Crippen LogP contribution in [0.2, 0.25) is 0 Å². The molecule has 0 unspecified atom stereocenters. The lowest BCUT2D eigenvalue weighted by Crippen LogP contribution is -2.44. The maximum atomic E-state index is 13.4. The number of aromatic nitrogens is 1. The normalized spacial score (nSPS) is 15.9. The molecule has 1 amide bonds. The molecule has 9 heteroatoms. The fourth-order valence-corrected chi connectivity index (χ4v) is 5.70. The summed E-state index contributed by atoms with van der Waals surface area (Å²) in [6.45, 7) is 7.45. The highest BCUT2D eigenvalue weighted by molar-refractivity contribution is 7.89. The molecular formula is C23H31N3O5S. The molecule has 0 aliphatic carbocycles. The average Bonchev–Trinajstić information content (AvgIpc) is 3.19. The van der Waals surface area contributed by atoms with Gasteiger partial charge in [-0.15, -0.1) is 0 Å². The Hall–Kier alpha value is -2.65. The predicted molar refractivity (Wildman–Crippen MR) is 123 cm³/mol. The number of hydrogen-bond acceptors (Lipinski definition) is 6. The van der Waals surface area contributed by atoms with Crippen molar-refractivity contribution in [2.24, 2.45) is 5.92 Å². The molecule has 0 radical (unpaired) electrons. The van der Waals surface area contributed by atoms with Crippen LogP contribution >= 0.6 is 0 Å². The lowest BCUT2D eigenvalue weighted by Gasteiger charge is -2.33. The van der Waals surface area contributed by atoms with E-state index in [0.29, 0.717) is 50.5 Å². The Labute approximate surface area is 189 Å². The first-order chi connectivity index (χ1) is 15.3. The van der Waals surface area contributed by atoms with E-state index in [4.69, 9.17) is 9.26 Å². The lowest BCUT2D eigenvalue weighted by molar-refractivity contribution is -0.136. The van der Waals surface area contributed by atoms with Crippen molar-refractivity contribution in [3.05, 3.63) is 41.3 Å². The van der Waals surface area contributed by atoms with Gasteiger partial charge >= 0.3 is 0 Å².